The molecule has 0 saturated carbocycles. The predicted octanol–water partition coefficient (Wildman–Crippen LogP) is 5.74. The first-order valence-electron chi connectivity index (χ1n) is 8.01. The summed E-state index contributed by atoms with van der Waals surface area (Å²) in [6.07, 6.45) is -10.1. The van der Waals surface area contributed by atoms with Gasteiger partial charge in [0.05, 0.1) is 16.7 Å². The van der Waals surface area contributed by atoms with Crippen LogP contribution in [0.15, 0.2) is 59.1 Å². The summed E-state index contributed by atoms with van der Waals surface area (Å²) in [5.41, 5.74) is -3.26. The molecule has 0 spiro atoms. The Balaban J connectivity index is 1.78. The van der Waals surface area contributed by atoms with Crippen LogP contribution in [0.4, 0.5) is 26.3 Å². The van der Waals surface area contributed by atoms with E-state index in [2.05, 4.69) is 5.16 Å². The molecule has 0 unspecified atom stereocenters. The highest BCUT2D eigenvalue weighted by atomic mass is 19.4. The van der Waals surface area contributed by atoms with E-state index in [4.69, 9.17) is 9.26 Å². The third-order valence-corrected chi connectivity index (χ3v) is 3.79. The number of benzene rings is 2. The Morgan fingerprint density at radius 1 is 0.897 bits per heavy atom. The summed E-state index contributed by atoms with van der Waals surface area (Å²) in [6.45, 7) is -0.493. The molecule has 0 radical (unpaired) electrons. The molecule has 0 saturated heterocycles. The molecule has 0 atom stereocenters. The van der Waals surface area contributed by atoms with Crippen molar-refractivity contribution in [1.29, 1.82) is 0 Å². The maximum absolute atomic E-state index is 12.9. The van der Waals surface area contributed by atoms with Gasteiger partial charge in [-0.3, -0.25) is 0 Å². The van der Waals surface area contributed by atoms with Gasteiger partial charge in [0.2, 0.25) is 0 Å². The molecule has 0 amide bonds. The van der Waals surface area contributed by atoms with Crippen LogP contribution in [-0.2, 0) is 23.7 Å². The largest absolute Gasteiger partial charge is 0.455 e. The fourth-order valence-electron chi connectivity index (χ4n) is 2.41. The second-order valence-corrected chi connectivity index (χ2v) is 5.92. The van der Waals surface area contributed by atoms with E-state index >= 15 is 0 Å². The molecular formula is C19H11F6NO3. The Kier molecular flexibility index (Phi) is 5.36. The zero-order chi connectivity index (χ0) is 21.2. The Morgan fingerprint density at radius 2 is 1.48 bits per heavy atom. The average Bonchev–Trinajstić information content (AvgIpc) is 3.14. The van der Waals surface area contributed by atoms with Gasteiger partial charge in [0, 0.05) is 11.6 Å². The average molecular weight is 415 g/mol. The summed E-state index contributed by atoms with van der Waals surface area (Å²) in [5.74, 6) is -0.999. The number of hydrogen-bond acceptors (Lipinski definition) is 4. The maximum Gasteiger partial charge on any atom is 0.416 e. The standard InChI is InChI=1S/C19H11F6NO3/c20-18(21,22)13-6-12(7-14(8-13)19(23,24)25)17(27)28-10-15-9-16(29-26-15)11-4-2-1-3-5-11/h1-9H,10H2. The molecule has 0 bridgehead atoms. The van der Waals surface area contributed by atoms with E-state index in [0.29, 0.717) is 23.5 Å². The number of aromatic nitrogens is 1. The summed E-state index contributed by atoms with van der Waals surface area (Å²) in [7, 11) is 0. The van der Waals surface area contributed by atoms with Gasteiger partial charge in [-0.2, -0.15) is 26.3 Å². The molecule has 0 aliphatic heterocycles. The van der Waals surface area contributed by atoms with Crippen molar-refractivity contribution in [2.75, 3.05) is 0 Å². The van der Waals surface area contributed by atoms with Crippen molar-refractivity contribution < 1.29 is 40.4 Å². The van der Waals surface area contributed by atoms with Crippen LogP contribution in [0.5, 0.6) is 0 Å². The highest BCUT2D eigenvalue weighted by Crippen LogP contribution is 2.36. The first-order chi connectivity index (χ1) is 13.5. The molecule has 0 aliphatic carbocycles. The number of esters is 1. The van der Waals surface area contributed by atoms with Gasteiger partial charge in [0.15, 0.2) is 5.76 Å². The van der Waals surface area contributed by atoms with Gasteiger partial charge in [0.25, 0.3) is 0 Å². The van der Waals surface area contributed by atoms with Crippen LogP contribution >= 0.6 is 0 Å². The molecule has 29 heavy (non-hydrogen) atoms. The summed E-state index contributed by atoms with van der Waals surface area (Å²) < 4.78 is 87.1. The Hall–Kier alpha value is -3.30. The molecule has 1 aromatic heterocycles. The number of halogens is 6. The lowest BCUT2D eigenvalue weighted by Crippen LogP contribution is -2.14. The third-order valence-electron chi connectivity index (χ3n) is 3.79. The number of carbonyl (C=O) groups is 1. The van der Waals surface area contributed by atoms with Gasteiger partial charge in [0.1, 0.15) is 12.3 Å². The highest BCUT2D eigenvalue weighted by molar-refractivity contribution is 5.90. The number of hydrogen-bond donors (Lipinski definition) is 0. The van der Waals surface area contributed by atoms with E-state index in [1.54, 1.807) is 30.3 Å². The molecule has 3 rings (SSSR count). The first kappa shape index (κ1) is 20.4. The second kappa shape index (κ2) is 7.61. The molecule has 10 heteroatoms. The smallest absolute Gasteiger partial charge is 0.416 e. The summed E-state index contributed by atoms with van der Waals surface area (Å²) in [5, 5.41) is 3.66. The second-order valence-electron chi connectivity index (χ2n) is 5.92. The van der Waals surface area contributed by atoms with Crippen molar-refractivity contribution in [2.24, 2.45) is 0 Å². The van der Waals surface area contributed by atoms with Crippen molar-refractivity contribution in [3.63, 3.8) is 0 Å². The fourth-order valence-corrected chi connectivity index (χ4v) is 2.41. The SMILES string of the molecule is O=C(OCc1cc(-c2ccccc2)on1)c1cc(C(F)(F)F)cc(C(F)(F)F)c1. The molecule has 0 N–H and O–H groups in total. The first-order valence-corrected chi connectivity index (χ1v) is 8.01. The number of alkyl halides is 6. The van der Waals surface area contributed by atoms with Gasteiger partial charge >= 0.3 is 18.3 Å². The van der Waals surface area contributed by atoms with Gasteiger partial charge in [-0.1, -0.05) is 35.5 Å². The van der Waals surface area contributed by atoms with Gasteiger partial charge < -0.3 is 9.26 Å². The Labute approximate surface area is 159 Å². The van der Waals surface area contributed by atoms with Gasteiger partial charge in [-0.05, 0) is 18.2 Å². The zero-order valence-electron chi connectivity index (χ0n) is 14.3. The molecule has 152 valence electrons. The van der Waals surface area contributed by atoms with Crippen molar-refractivity contribution in [1.82, 2.24) is 5.16 Å². The summed E-state index contributed by atoms with van der Waals surface area (Å²) in [4.78, 5) is 12.0. The number of rotatable bonds is 4. The minimum atomic E-state index is -5.06. The minimum Gasteiger partial charge on any atom is -0.455 e. The zero-order valence-corrected chi connectivity index (χ0v) is 14.3. The highest BCUT2D eigenvalue weighted by Gasteiger charge is 2.37. The van der Waals surface area contributed by atoms with Crippen molar-refractivity contribution >= 4 is 5.97 Å². The van der Waals surface area contributed by atoms with Crippen LogP contribution in [0, 0.1) is 0 Å². The van der Waals surface area contributed by atoms with Crippen molar-refractivity contribution in [2.45, 2.75) is 19.0 Å². The van der Waals surface area contributed by atoms with Gasteiger partial charge in [-0.15, -0.1) is 0 Å². The quantitative estimate of drug-likeness (QED) is 0.403. The summed E-state index contributed by atoms with van der Waals surface area (Å²) in [6, 6.07) is 10.7. The summed E-state index contributed by atoms with van der Waals surface area (Å²) >= 11 is 0. The maximum atomic E-state index is 12.9. The van der Waals surface area contributed by atoms with E-state index < -0.39 is 41.6 Å². The van der Waals surface area contributed by atoms with Crippen LogP contribution in [0.25, 0.3) is 11.3 Å². The topological polar surface area (TPSA) is 52.3 Å². The minimum absolute atomic E-state index is 0.0689. The normalized spacial score (nSPS) is 12.1. The molecule has 3 aromatic rings. The molecular weight excluding hydrogens is 404 g/mol. The van der Waals surface area contributed by atoms with Crippen LogP contribution < -0.4 is 0 Å². The molecule has 1 heterocycles. The Morgan fingerprint density at radius 3 is 2.03 bits per heavy atom. The number of nitrogens with zero attached hydrogens (tertiary/aromatic N) is 1. The third kappa shape index (κ3) is 4.95. The molecule has 0 fully saturated rings. The van der Waals surface area contributed by atoms with Crippen LogP contribution in [0.2, 0.25) is 0 Å². The number of ether oxygens (including phenoxy) is 1. The predicted molar refractivity (Wildman–Crippen MR) is 87.5 cm³/mol. The lowest BCUT2D eigenvalue weighted by Gasteiger charge is -2.13. The van der Waals surface area contributed by atoms with E-state index in [1.165, 1.54) is 6.07 Å². The van der Waals surface area contributed by atoms with Crippen molar-refractivity contribution in [3.8, 4) is 11.3 Å². The molecule has 4 nitrogen and oxygen atoms in total. The molecule has 0 aliphatic rings. The lowest BCUT2D eigenvalue weighted by atomic mass is 10.0. The monoisotopic (exact) mass is 415 g/mol. The van der Waals surface area contributed by atoms with E-state index in [-0.39, 0.29) is 11.8 Å². The van der Waals surface area contributed by atoms with E-state index in [1.807, 2.05) is 0 Å². The van der Waals surface area contributed by atoms with Gasteiger partial charge in [-0.25, -0.2) is 4.79 Å². The lowest BCUT2D eigenvalue weighted by molar-refractivity contribution is -0.143. The van der Waals surface area contributed by atoms with E-state index in [9.17, 15) is 31.1 Å². The van der Waals surface area contributed by atoms with Crippen molar-refractivity contribution in [3.05, 3.63) is 77.0 Å². The Bertz CT molecular complexity index is 977. The fraction of sp³-hybridized carbons (Fsp3) is 0.158. The van der Waals surface area contributed by atoms with Crippen LogP contribution in [0.1, 0.15) is 27.2 Å². The number of carbonyl (C=O) groups excluding carboxylic acids is 1. The van der Waals surface area contributed by atoms with E-state index in [0.717, 1.165) is 0 Å². The van der Waals surface area contributed by atoms with Crippen LogP contribution in [0.3, 0.4) is 0 Å². The molecule has 2 aromatic carbocycles. The van der Waals surface area contributed by atoms with Crippen LogP contribution in [-0.4, -0.2) is 11.1 Å².